The van der Waals surface area contributed by atoms with E-state index in [0.29, 0.717) is 12.1 Å². The Hall–Kier alpha value is -2.43. The molecule has 0 aliphatic carbocycles. The van der Waals surface area contributed by atoms with Crippen LogP contribution in [0.15, 0.2) is 36.7 Å². The largest absolute Gasteiger partial charge is 0.364 e. The first kappa shape index (κ1) is 13.5. The Kier molecular flexibility index (Phi) is 3.33. The average Bonchev–Trinajstić information content (AvgIpc) is 2.86. The fourth-order valence-corrected chi connectivity index (χ4v) is 2.18. The maximum atomic E-state index is 4.66. The molecule has 0 aliphatic rings. The van der Waals surface area contributed by atoms with Gasteiger partial charge in [0.25, 0.3) is 0 Å². The Morgan fingerprint density at radius 3 is 2.57 bits per heavy atom. The van der Waals surface area contributed by atoms with Crippen molar-refractivity contribution in [1.29, 1.82) is 0 Å². The molecule has 0 fully saturated rings. The van der Waals surface area contributed by atoms with Gasteiger partial charge >= 0.3 is 0 Å². The van der Waals surface area contributed by atoms with Gasteiger partial charge in [-0.2, -0.15) is 0 Å². The summed E-state index contributed by atoms with van der Waals surface area (Å²) in [5.41, 5.74) is 2.66. The Morgan fingerprint density at radius 1 is 1.10 bits per heavy atom. The Labute approximate surface area is 123 Å². The molecule has 3 aromatic rings. The predicted octanol–water partition coefficient (Wildman–Crippen LogP) is 3.15. The molecule has 2 N–H and O–H groups in total. The highest BCUT2D eigenvalue weighted by Crippen LogP contribution is 2.21. The zero-order valence-electron chi connectivity index (χ0n) is 12.5. The second-order valence-corrected chi connectivity index (χ2v) is 6.13. The van der Waals surface area contributed by atoms with Gasteiger partial charge < -0.3 is 10.3 Å². The van der Waals surface area contributed by atoms with Gasteiger partial charge in [-0.3, -0.25) is 0 Å². The third-order valence-corrected chi connectivity index (χ3v) is 3.03. The highest BCUT2D eigenvalue weighted by molar-refractivity contribution is 5.82. The number of benzene rings is 1. The number of nitrogens with zero attached hydrogens (tertiary/aromatic N) is 3. The second-order valence-electron chi connectivity index (χ2n) is 6.13. The van der Waals surface area contributed by atoms with Gasteiger partial charge in [0, 0.05) is 12.0 Å². The lowest BCUT2D eigenvalue weighted by Gasteiger charge is -2.21. The molecule has 108 valence electrons. The van der Waals surface area contributed by atoms with E-state index in [4.69, 9.17) is 0 Å². The normalized spacial score (nSPS) is 11.8. The van der Waals surface area contributed by atoms with Gasteiger partial charge in [0.2, 0.25) is 0 Å². The van der Waals surface area contributed by atoms with Gasteiger partial charge in [0.15, 0.2) is 11.5 Å². The molecule has 0 unspecified atom stereocenters. The molecule has 0 atom stereocenters. The zero-order valence-corrected chi connectivity index (χ0v) is 12.5. The van der Waals surface area contributed by atoms with Gasteiger partial charge in [-0.05, 0) is 26.3 Å². The van der Waals surface area contributed by atoms with E-state index in [2.05, 4.69) is 58.2 Å². The second kappa shape index (κ2) is 5.16. The van der Waals surface area contributed by atoms with E-state index in [1.165, 1.54) is 5.56 Å². The lowest BCUT2D eigenvalue weighted by atomic mass is 10.1. The average molecular weight is 281 g/mol. The fourth-order valence-electron chi connectivity index (χ4n) is 2.18. The summed E-state index contributed by atoms with van der Waals surface area (Å²) < 4.78 is 0. The first-order valence-electron chi connectivity index (χ1n) is 7.03. The molecule has 5 heteroatoms. The summed E-state index contributed by atoms with van der Waals surface area (Å²) in [5, 5.41) is 3.41. The van der Waals surface area contributed by atoms with E-state index < -0.39 is 0 Å². The van der Waals surface area contributed by atoms with E-state index in [9.17, 15) is 0 Å². The molecular weight excluding hydrogens is 262 g/mol. The van der Waals surface area contributed by atoms with Gasteiger partial charge in [0.05, 0.1) is 6.33 Å². The SMILES string of the molecule is CC(C)(C)Nc1nc(Cc2ccccc2)nc2nc[nH]c12. The third kappa shape index (κ3) is 3.18. The fraction of sp³-hybridized carbons (Fsp3) is 0.312. The maximum absolute atomic E-state index is 4.66. The van der Waals surface area contributed by atoms with Crippen LogP contribution < -0.4 is 5.32 Å². The summed E-state index contributed by atoms with van der Waals surface area (Å²) in [6.07, 6.45) is 2.35. The Bertz CT molecular complexity index is 740. The minimum Gasteiger partial charge on any atom is -0.364 e. The Balaban J connectivity index is 2.00. The quantitative estimate of drug-likeness (QED) is 0.774. The Morgan fingerprint density at radius 2 is 1.86 bits per heavy atom. The number of hydrogen-bond acceptors (Lipinski definition) is 4. The number of fused-ring (bicyclic) bond motifs is 1. The van der Waals surface area contributed by atoms with Crippen LogP contribution in [-0.2, 0) is 6.42 Å². The van der Waals surface area contributed by atoms with Crippen molar-refractivity contribution in [2.75, 3.05) is 5.32 Å². The zero-order chi connectivity index (χ0) is 14.9. The van der Waals surface area contributed by atoms with Crippen molar-refractivity contribution in [3.63, 3.8) is 0 Å². The maximum Gasteiger partial charge on any atom is 0.183 e. The third-order valence-electron chi connectivity index (χ3n) is 3.03. The molecule has 0 saturated carbocycles. The summed E-state index contributed by atoms with van der Waals surface area (Å²) in [4.78, 5) is 16.6. The smallest absolute Gasteiger partial charge is 0.183 e. The number of hydrogen-bond donors (Lipinski definition) is 2. The van der Waals surface area contributed by atoms with Crippen LogP contribution in [0.5, 0.6) is 0 Å². The van der Waals surface area contributed by atoms with Crippen molar-refractivity contribution in [2.24, 2.45) is 0 Å². The molecule has 0 amide bonds. The molecule has 2 aromatic heterocycles. The molecule has 0 bridgehead atoms. The van der Waals surface area contributed by atoms with Crippen molar-refractivity contribution < 1.29 is 0 Å². The number of aromatic amines is 1. The van der Waals surface area contributed by atoms with Gasteiger partial charge in [-0.15, -0.1) is 0 Å². The number of anilines is 1. The monoisotopic (exact) mass is 281 g/mol. The van der Waals surface area contributed by atoms with Crippen LogP contribution in [0, 0.1) is 0 Å². The minimum atomic E-state index is -0.0730. The predicted molar refractivity (Wildman–Crippen MR) is 84.3 cm³/mol. The number of imidazole rings is 1. The van der Waals surface area contributed by atoms with Gasteiger partial charge in [0.1, 0.15) is 11.3 Å². The highest BCUT2D eigenvalue weighted by Gasteiger charge is 2.16. The molecule has 0 aliphatic heterocycles. The van der Waals surface area contributed by atoms with Crippen molar-refractivity contribution in [2.45, 2.75) is 32.7 Å². The molecule has 3 rings (SSSR count). The summed E-state index contributed by atoms with van der Waals surface area (Å²) in [6, 6.07) is 10.2. The number of H-pyrrole nitrogens is 1. The molecule has 0 spiro atoms. The highest BCUT2D eigenvalue weighted by atomic mass is 15.1. The lowest BCUT2D eigenvalue weighted by Crippen LogP contribution is -2.27. The minimum absolute atomic E-state index is 0.0730. The van der Waals surface area contributed by atoms with E-state index in [1.54, 1.807) is 6.33 Å². The van der Waals surface area contributed by atoms with Crippen molar-refractivity contribution >= 4 is 17.0 Å². The molecule has 5 nitrogen and oxygen atoms in total. The number of aromatic nitrogens is 4. The van der Waals surface area contributed by atoms with Crippen LogP contribution in [0.25, 0.3) is 11.2 Å². The number of rotatable bonds is 3. The van der Waals surface area contributed by atoms with Crippen LogP contribution >= 0.6 is 0 Å². The van der Waals surface area contributed by atoms with Gasteiger partial charge in [-0.25, -0.2) is 15.0 Å². The van der Waals surface area contributed by atoms with Gasteiger partial charge in [-0.1, -0.05) is 30.3 Å². The van der Waals surface area contributed by atoms with Crippen LogP contribution in [0.3, 0.4) is 0 Å². The first-order valence-corrected chi connectivity index (χ1v) is 7.03. The summed E-state index contributed by atoms with van der Waals surface area (Å²) in [6.45, 7) is 6.32. The van der Waals surface area contributed by atoms with Crippen LogP contribution in [-0.4, -0.2) is 25.5 Å². The first-order chi connectivity index (χ1) is 10.0. The van der Waals surface area contributed by atoms with Crippen molar-refractivity contribution in [1.82, 2.24) is 19.9 Å². The lowest BCUT2D eigenvalue weighted by molar-refractivity contribution is 0.630. The van der Waals surface area contributed by atoms with Crippen molar-refractivity contribution in [3.8, 4) is 0 Å². The molecular formula is C16H19N5. The summed E-state index contributed by atoms with van der Waals surface area (Å²) in [7, 11) is 0. The topological polar surface area (TPSA) is 66.5 Å². The molecule has 21 heavy (non-hydrogen) atoms. The summed E-state index contributed by atoms with van der Waals surface area (Å²) in [5.74, 6) is 1.57. The van der Waals surface area contributed by atoms with Crippen LogP contribution in [0.1, 0.15) is 32.2 Å². The van der Waals surface area contributed by atoms with Crippen LogP contribution in [0.2, 0.25) is 0 Å². The van der Waals surface area contributed by atoms with Crippen LogP contribution in [0.4, 0.5) is 5.82 Å². The molecule has 0 saturated heterocycles. The molecule has 0 radical (unpaired) electrons. The standard InChI is InChI=1S/C16H19N5/c1-16(2,3)21-15-13-14(18-10-17-13)19-12(20-15)9-11-7-5-4-6-8-11/h4-8,10H,9H2,1-3H3,(H2,17,18,19,20,21). The molecule has 2 heterocycles. The van der Waals surface area contributed by atoms with E-state index in [0.717, 1.165) is 17.2 Å². The summed E-state index contributed by atoms with van der Waals surface area (Å²) >= 11 is 0. The van der Waals surface area contributed by atoms with E-state index >= 15 is 0 Å². The number of nitrogens with one attached hydrogen (secondary N) is 2. The van der Waals surface area contributed by atoms with E-state index in [-0.39, 0.29) is 5.54 Å². The van der Waals surface area contributed by atoms with Crippen molar-refractivity contribution in [3.05, 3.63) is 48.0 Å². The van der Waals surface area contributed by atoms with E-state index in [1.807, 2.05) is 18.2 Å². The molecule has 1 aromatic carbocycles.